The number of hydrogen-bond acceptors (Lipinski definition) is 3. The molecule has 2 rings (SSSR count). The second-order valence-electron chi connectivity index (χ2n) is 4.77. The lowest BCUT2D eigenvalue weighted by molar-refractivity contribution is 0.476. The van der Waals surface area contributed by atoms with Crippen LogP contribution in [0, 0.1) is 6.92 Å². The van der Waals surface area contributed by atoms with Crippen LogP contribution in [-0.2, 0) is 13.1 Å². The fourth-order valence-corrected chi connectivity index (χ4v) is 2.94. The summed E-state index contributed by atoms with van der Waals surface area (Å²) in [4.78, 5) is 10.9. The van der Waals surface area contributed by atoms with Gasteiger partial charge in [0.05, 0.1) is 6.54 Å². The number of guanidine groups is 1. The van der Waals surface area contributed by atoms with Gasteiger partial charge in [-0.3, -0.25) is 4.99 Å². The predicted octanol–water partition coefficient (Wildman–Crippen LogP) is 3.42. The van der Waals surface area contributed by atoms with Gasteiger partial charge in [0.25, 0.3) is 0 Å². The molecule has 1 heterocycles. The smallest absolute Gasteiger partial charge is 0.194 e. The van der Waals surface area contributed by atoms with Crippen molar-refractivity contribution in [3.8, 4) is 0 Å². The van der Waals surface area contributed by atoms with Gasteiger partial charge in [0.1, 0.15) is 5.01 Å². The van der Waals surface area contributed by atoms with E-state index in [4.69, 9.17) is 0 Å². The molecule has 0 saturated carbocycles. The molecule has 1 N–H and O–H groups in total. The summed E-state index contributed by atoms with van der Waals surface area (Å²) in [5.41, 5.74) is 2.31. The molecule has 4 nitrogen and oxygen atoms in total. The number of thiazole rings is 1. The minimum atomic E-state index is 0.704. The Hall–Kier alpha value is -1.40. The Balaban J connectivity index is 1.92. The Morgan fingerprint density at radius 2 is 2.10 bits per heavy atom. The van der Waals surface area contributed by atoms with E-state index in [1.54, 1.807) is 18.4 Å². The van der Waals surface area contributed by atoms with Crippen LogP contribution >= 0.6 is 27.3 Å². The minimum Gasteiger partial charge on any atom is -0.350 e. The Labute approximate surface area is 138 Å². The number of halogens is 1. The number of benzene rings is 1. The second-order valence-corrected chi connectivity index (χ2v) is 6.62. The highest BCUT2D eigenvalue weighted by Crippen LogP contribution is 2.12. The van der Waals surface area contributed by atoms with Crippen LogP contribution in [0.5, 0.6) is 0 Å². The van der Waals surface area contributed by atoms with Crippen LogP contribution in [0.25, 0.3) is 0 Å². The van der Waals surface area contributed by atoms with Gasteiger partial charge in [-0.1, -0.05) is 28.1 Å². The van der Waals surface area contributed by atoms with Gasteiger partial charge in [-0.15, -0.1) is 11.3 Å². The van der Waals surface area contributed by atoms with E-state index < -0.39 is 0 Å². The SMILES string of the molecule is CN=C(NCc1nc(C)cs1)N(C)Cc1ccc(Br)cc1. The third kappa shape index (κ3) is 4.82. The first-order chi connectivity index (χ1) is 10.1. The van der Waals surface area contributed by atoms with Crippen molar-refractivity contribution in [3.63, 3.8) is 0 Å². The molecule has 0 spiro atoms. The first-order valence-electron chi connectivity index (χ1n) is 6.65. The standard InChI is InChI=1S/C15H19BrN4S/c1-11-10-21-14(19-11)8-18-15(17-2)20(3)9-12-4-6-13(16)7-5-12/h4-7,10H,8-9H2,1-3H3,(H,17,18). The molecule has 0 fully saturated rings. The predicted molar refractivity (Wildman–Crippen MR) is 92.7 cm³/mol. The molecule has 21 heavy (non-hydrogen) atoms. The van der Waals surface area contributed by atoms with Crippen molar-refractivity contribution in [2.24, 2.45) is 4.99 Å². The van der Waals surface area contributed by atoms with E-state index in [1.807, 2.05) is 14.0 Å². The maximum atomic E-state index is 4.45. The summed E-state index contributed by atoms with van der Waals surface area (Å²) in [6, 6.07) is 8.32. The summed E-state index contributed by atoms with van der Waals surface area (Å²) in [6.07, 6.45) is 0. The normalized spacial score (nSPS) is 11.5. The minimum absolute atomic E-state index is 0.704. The van der Waals surface area contributed by atoms with Crippen LogP contribution in [0.2, 0.25) is 0 Å². The van der Waals surface area contributed by atoms with Gasteiger partial charge < -0.3 is 10.2 Å². The Kier molecular flexibility index (Phi) is 5.76. The van der Waals surface area contributed by atoms with E-state index in [0.29, 0.717) is 6.54 Å². The van der Waals surface area contributed by atoms with Crippen LogP contribution in [0.15, 0.2) is 39.1 Å². The molecule has 0 radical (unpaired) electrons. The average molecular weight is 367 g/mol. The zero-order valence-electron chi connectivity index (χ0n) is 12.4. The first-order valence-corrected chi connectivity index (χ1v) is 8.33. The zero-order chi connectivity index (χ0) is 15.2. The van der Waals surface area contributed by atoms with Crippen molar-refractivity contribution in [2.75, 3.05) is 14.1 Å². The number of aryl methyl sites for hydroxylation is 1. The van der Waals surface area contributed by atoms with E-state index in [9.17, 15) is 0 Å². The lowest BCUT2D eigenvalue weighted by atomic mass is 10.2. The molecule has 112 valence electrons. The number of rotatable bonds is 4. The Morgan fingerprint density at radius 3 is 2.67 bits per heavy atom. The van der Waals surface area contributed by atoms with E-state index in [0.717, 1.165) is 27.7 Å². The molecule has 0 unspecified atom stereocenters. The topological polar surface area (TPSA) is 40.5 Å². The second kappa shape index (κ2) is 7.56. The first kappa shape index (κ1) is 16.0. The van der Waals surface area contributed by atoms with Gasteiger partial charge in [0, 0.05) is 36.2 Å². The maximum Gasteiger partial charge on any atom is 0.194 e. The Bertz CT molecular complexity index is 606. The van der Waals surface area contributed by atoms with Crippen LogP contribution in [-0.4, -0.2) is 29.9 Å². The van der Waals surface area contributed by atoms with Crippen LogP contribution < -0.4 is 5.32 Å². The third-order valence-corrected chi connectivity index (χ3v) is 4.47. The maximum absolute atomic E-state index is 4.45. The molecule has 0 amide bonds. The summed E-state index contributed by atoms with van der Waals surface area (Å²) in [7, 11) is 3.83. The van der Waals surface area contributed by atoms with Crippen molar-refractivity contribution >= 4 is 33.2 Å². The zero-order valence-corrected chi connectivity index (χ0v) is 14.8. The largest absolute Gasteiger partial charge is 0.350 e. The Morgan fingerprint density at radius 1 is 1.38 bits per heavy atom. The van der Waals surface area contributed by atoms with Gasteiger partial charge in [-0.2, -0.15) is 0 Å². The molecule has 0 bridgehead atoms. The summed E-state index contributed by atoms with van der Waals surface area (Å²) >= 11 is 5.12. The molecule has 0 aliphatic heterocycles. The van der Waals surface area contributed by atoms with E-state index in [-0.39, 0.29) is 0 Å². The van der Waals surface area contributed by atoms with Crippen molar-refractivity contribution in [1.82, 2.24) is 15.2 Å². The number of nitrogens with one attached hydrogen (secondary N) is 1. The highest BCUT2D eigenvalue weighted by Gasteiger charge is 2.07. The molecular formula is C15H19BrN4S. The van der Waals surface area contributed by atoms with Crippen LogP contribution in [0.4, 0.5) is 0 Å². The fraction of sp³-hybridized carbons (Fsp3) is 0.333. The molecule has 0 aliphatic carbocycles. The molecule has 0 saturated heterocycles. The van der Waals surface area contributed by atoms with Gasteiger partial charge in [0.2, 0.25) is 0 Å². The summed E-state index contributed by atoms with van der Waals surface area (Å²) < 4.78 is 1.09. The van der Waals surface area contributed by atoms with Gasteiger partial charge in [-0.05, 0) is 24.6 Å². The average Bonchev–Trinajstić information content (AvgIpc) is 2.88. The molecular weight excluding hydrogens is 348 g/mol. The van der Waals surface area contributed by atoms with E-state index in [1.165, 1.54) is 5.56 Å². The van der Waals surface area contributed by atoms with Crippen LogP contribution in [0.3, 0.4) is 0 Å². The van der Waals surface area contributed by atoms with E-state index in [2.05, 4.69) is 65.8 Å². The number of nitrogens with zero attached hydrogens (tertiary/aromatic N) is 3. The van der Waals surface area contributed by atoms with Gasteiger partial charge in [-0.25, -0.2) is 4.98 Å². The lowest BCUT2D eigenvalue weighted by Crippen LogP contribution is -2.38. The lowest BCUT2D eigenvalue weighted by Gasteiger charge is -2.21. The van der Waals surface area contributed by atoms with Gasteiger partial charge in [0.15, 0.2) is 5.96 Å². The summed E-state index contributed by atoms with van der Waals surface area (Å²) in [5.74, 6) is 0.866. The molecule has 6 heteroatoms. The van der Waals surface area contributed by atoms with Crippen molar-refractivity contribution in [3.05, 3.63) is 50.4 Å². The van der Waals surface area contributed by atoms with Crippen LogP contribution in [0.1, 0.15) is 16.3 Å². The third-order valence-electron chi connectivity index (χ3n) is 2.97. The summed E-state index contributed by atoms with van der Waals surface area (Å²) in [6.45, 7) is 3.52. The number of aromatic nitrogens is 1. The molecule has 1 aromatic carbocycles. The molecule has 0 atom stereocenters. The number of hydrogen-bond donors (Lipinski definition) is 1. The highest BCUT2D eigenvalue weighted by molar-refractivity contribution is 9.10. The van der Waals surface area contributed by atoms with E-state index >= 15 is 0 Å². The fourth-order valence-electron chi connectivity index (χ4n) is 1.96. The highest BCUT2D eigenvalue weighted by atomic mass is 79.9. The van der Waals surface area contributed by atoms with Crippen molar-refractivity contribution < 1.29 is 0 Å². The van der Waals surface area contributed by atoms with Crippen molar-refractivity contribution in [2.45, 2.75) is 20.0 Å². The monoisotopic (exact) mass is 366 g/mol. The summed E-state index contributed by atoms with van der Waals surface area (Å²) in [5, 5.41) is 6.48. The molecule has 0 aliphatic rings. The molecule has 1 aromatic heterocycles. The number of aliphatic imine (C=N–C) groups is 1. The van der Waals surface area contributed by atoms with Gasteiger partial charge >= 0.3 is 0 Å². The van der Waals surface area contributed by atoms with Crippen molar-refractivity contribution in [1.29, 1.82) is 0 Å². The quantitative estimate of drug-likeness (QED) is 0.665. The molecule has 2 aromatic rings.